The van der Waals surface area contributed by atoms with E-state index in [1.54, 1.807) is 30.3 Å². The van der Waals surface area contributed by atoms with Crippen LogP contribution in [0.15, 0.2) is 48.7 Å². The van der Waals surface area contributed by atoms with Crippen molar-refractivity contribution < 1.29 is 9.59 Å². The Hall–Kier alpha value is -2.89. The summed E-state index contributed by atoms with van der Waals surface area (Å²) in [5.41, 5.74) is 2.03. The summed E-state index contributed by atoms with van der Waals surface area (Å²) in [6.07, 6.45) is 3.53. The van der Waals surface area contributed by atoms with Gasteiger partial charge in [-0.25, -0.2) is 0 Å². The highest BCUT2D eigenvalue weighted by molar-refractivity contribution is 5.98. The molecule has 0 unspecified atom stereocenters. The van der Waals surface area contributed by atoms with Crippen molar-refractivity contribution in [2.75, 3.05) is 44.7 Å². The van der Waals surface area contributed by atoms with Crippen molar-refractivity contribution in [1.29, 1.82) is 0 Å². The van der Waals surface area contributed by atoms with Crippen LogP contribution in [0.2, 0.25) is 0 Å². The number of hydrogen-bond acceptors (Lipinski definition) is 4. The number of aromatic nitrogens is 1. The zero-order chi connectivity index (χ0) is 19.9. The van der Waals surface area contributed by atoms with Crippen LogP contribution in [0.5, 0.6) is 0 Å². The fourth-order valence-electron chi connectivity index (χ4n) is 3.36. The van der Waals surface area contributed by atoms with Gasteiger partial charge in [0, 0.05) is 57.2 Å². The third-order valence-electron chi connectivity index (χ3n) is 5.11. The van der Waals surface area contributed by atoms with E-state index in [9.17, 15) is 9.59 Å². The van der Waals surface area contributed by atoms with E-state index in [1.807, 2.05) is 23.1 Å². The molecule has 6 nitrogen and oxygen atoms in total. The van der Waals surface area contributed by atoms with Crippen molar-refractivity contribution in [3.05, 3.63) is 59.9 Å². The number of anilines is 1. The van der Waals surface area contributed by atoms with E-state index in [-0.39, 0.29) is 11.8 Å². The molecule has 1 aliphatic rings. The molecule has 148 valence electrons. The average molecular weight is 380 g/mol. The number of rotatable bonds is 6. The maximum atomic E-state index is 12.9. The van der Waals surface area contributed by atoms with E-state index in [4.69, 9.17) is 0 Å². The molecule has 2 amide bonds. The third kappa shape index (κ3) is 4.68. The first-order valence-corrected chi connectivity index (χ1v) is 9.91. The van der Waals surface area contributed by atoms with Crippen molar-refractivity contribution in [2.24, 2.45) is 0 Å². The van der Waals surface area contributed by atoms with Crippen LogP contribution in [0.1, 0.15) is 40.6 Å². The first-order valence-electron chi connectivity index (χ1n) is 9.91. The van der Waals surface area contributed by atoms with Crippen LogP contribution in [-0.4, -0.2) is 66.4 Å². The first kappa shape index (κ1) is 19.9. The highest BCUT2D eigenvalue weighted by Crippen LogP contribution is 2.17. The fourth-order valence-corrected chi connectivity index (χ4v) is 3.36. The monoisotopic (exact) mass is 380 g/mol. The topological polar surface area (TPSA) is 56.8 Å². The Morgan fingerprint density at radius 2 is 1.79 bits per heavy atom. The van der Waals surface area contributed by atoms with Crippen molar-refractivity contribution in [1.82, 2.24) is 14.8 Å². The van der Waals surface area contributed by atoms with Gasteiger partial charge in [0.15, 0.2) is 0 Å². The van der Waals surface area contributed by atoms with Crippen LogP contribution in [0.3, 0.4) is 0 Å². The molecule has 0 bridgehead atoms. The SMILES string of the molecule is CCCCN(C)C(=O)c1cc(C(=O)N2CCN(c3ccccc3)CC2)ccn1. The van der Waals surface area contributed by atoms with Gasteiger partial charge in [-0.1, -0.05) is 31.5 Å². The molecule has 0 saturated carbocycles. The maximum absolute atomic E-state index is 12.9. The third-order valence-corrected chi connectivity index (χ3v) is 5.11. The number of carbonyl (C=O) groups excluding carboxylic acids is 2. The predicted molar refractivity (Wildman–Crippen MR) is 111 cm³/mol. The molecular formula is C22H28N4O2. The van der Waals surface area contributed by atoms with Crippen molar-refractivity contribution in [3.63, 3.8) is 0 Å². The Balaban J connectivity index is 1.63. The Labute approximate surface area is 166 Å². The standard InChI is InChI=1S/C22H28N4O2/c1-3-4-12-24(2)22(28)20-17-18(10-11-23-20)21(27)26-15-13-25(14-16-26)19-8-6-5-7-9-19/h5-11,17H,3-4,12-16H2,1-2H3. The van der Waals surface area contributed by atoms with E-state index in [0.717, 1.165) is 25.9 Å². The number of hydrogen-bond donors (Lipinski definition) is 0. The number of carbonyl (C=O) groups is 2. The lowest BCUT2D eigenvalue weighted by molar-refractivity contribution is 0.0746. The van der Waals surface area contributed by atoms with E-state index < -0.39 is 0 Å². The van der Waals surface area contributed by atoms with Crippen LogP contribution in [0.4, 0.5) is 5.69 Å². The summed E-state index contributed by atoms with van der Waals surface area (Å²) >= 11 is 0. The molecule has 1 aromatic carbocycles. The molecule has 0 radical (unpaired) electrons. The predicted octanol–water partition coefficient (Wildman–Crippen LogP) is 2.92. The van der Waals surface area contributed by atoms with Gasteiger partial charge in [-0.05, 0) is 30.7 Å². The smallest absolute Gasteiger partial charge is 0.272 e. The first-order chi connectivity index (χ1) is 13.6. The Kier molecular flexibility index (Phi) is 6.63. The van der Waals surface area contributed by atoms with Gasteiger partial charge in [-0.2, -0.15) is 0 Å². The van der Waals surface area contributed by atoms with Gasteiger partial charge >= 0.3 is 0 Å². The molecule has 6 heteroatoms. The van der Waals surface area contributed by atoms with Crippen molar-refractivity contribution in [2.45, 2.75) is 19.8 Å². The van der Waals surface area contributed by atoms with E-state index in [1.165, 1.54) is 5.69 Å². The molecule has 28 heavy (non-hydrogen) atoms. The molecule has 3 rings (SSSR count). The second-order valence-corrected chi connectivity index (χ2v) is 7.12. The molecule has 2 aromatic rings. The zero-order valence-corrected chi connectivity index (χ0v) is 16.7. The second kappa shape index (κ2) is 9.35. The number of nitrogens with zero attached hydrogens (tertiary/aromatic N) is 4. The molecule has 0 aliphatic carbocycles. The largest absolute Gasteiger partial charge is 0.368 e. The summed E-state index contributed by atoms with van der Waals surface area (Å²) in [4.78, 5) is 35.4. The molecular weight excluding hydrogens is 352 g/mol. The normalized spacial score (nSPS) is 14.1. The number of amides is 2. The summed E-state index contributed by atoms with van der Waals surface area (Å²) in [7, 11) is 1.77. The maximum Gasteiger partial charge on any atom is 0.272 e. The van der Waals surface area contributed by atoms with Crippen LogP contribution in [0.25, 0.3) is 0 Å². The number of benzene rings is 1. The molecule has 1 fully saturated rings. The lowest BCUT2D eigenvalue weighted by atomic mass is 10.1. The van der Waals surface area contributed by atoms with Gasteiger partial charge in [0.1, 0.15) is 5.69 Å². The summed E-state index contributed by atoms with van der Waals surface area (Å²) in [6, 6.07) is 13.6. The summed E-state index contributed by atoms with van der Waals surface area (Å²) in [5.74, 6) is -0.183. The van der Waals surface area contributed by atoms with Gasteiger partial charge in [0.05, 0.1) is 0 Å². The van der Waals surface area contributed by atoms with E-state index in [0.29, 0.717) is 30.9 Å². The van der Waals surface area contributed by atoms with Crippen LogP contribution in [-0.2, 0) is 0 Å². The lowest BCUT2D eigenvalue weighted by Crippen LogP contribution is -2.48. The van der Waals surface area contributed by atoms with Gasteiger partial charge < -0.3 is 14.7 Å². The van der Waals surface area contributed by atoms with Gasteiger partial charge in [-0.15, -0.1) is 0 Å². The minimum absolute atomic E-state index is 0.0413. The lowest BCUT2D eigenvalue weighted by Gasteiger charge is -2.36. The molecule has 0 spiro atoms. The van der Waals surface area contributed by atoms with Gasteiger partial charge in [-0.3, -0.25) is 14.6 Å². The fraction of sp³-hybridized carbons (Fsp3) is 0.409. The highest BCUT2D eigenvalue weighted by atomic mass is 16.2. The molecule has 2 heterocycles. The number of piperazine rings is 1. The molecule has 1 saturated heterocycles. The van der Waals surface area contributed by atoms with Crippen molar-refractivity contribution in [3.8, 4) is 0 Å². The minimum atomic E-state index is -0.142. The average Bonchev–Trinajstić information content (AvgIpc) is 2.77. The number of pyridine rings is 1. The second-order valence-electron chi connectivity index (χ2n) is 7.12. The Bertz CT molecular complexity index is 801. The van der Waals surface area contributed by atoms with E-state index in [2.05, 4.69) is 28.9 Å². The van der Waals surface area contributed by atoms with Crippen LogP contribution < -0.4 is 4.90 Å². The molecule has 1 aliphatic heterocycles. The molecule has 1 aromatic heterocycles. The minimum Gasteiger partial charge on any atom is -0.368 e. The van der Waals surface area contributed by atoms with Crippen LogP contribution >= 0.6 is 0 Å². The summed E-state index contributed by atoms with van der Waals surface area (Å²) in [6.45, 7) is 5.70. The Morgan fingerprint density at radius 3 is 2.46 bits per heavy atom. The number of para-hydroxylation sites is 1. The van der Waals surface area contributed by atoms with E-state index >= 15 is 0 Å². The highest BCUT2D eigenvalue weighted by Gasteiger charge is 2.23. The quantitative estimate of drug-likeness (QED) is 0.773. The van der Waals surface area contributed by atoms with Gasteiger partial charge in [0.25, 0.3) is 11.8 Å². The molecule has 0 N–H and O–H groups in total. The molecule has 0 atom stereocenters. The number of unbranched alkanes of at least 4 members (excludes halogenated alkanes) is 1. The van der Waals surface area contributed by atoms with Crippen LogP contribution in [0, 0.1) is 0 Å². The van der Waals surface area contributed by atoms with Crippen molar-refractivity contribution >= 4 is 17.5 Å². The summed E-state index contributed by atoms with van der Waals surface area (Å²) in [5, 5.41) is 0. The summed E-state index contributed by atoms with van der Waals surface area (Å²) < 4.78 is 0. The Morgan fingerprint density at radius 1 is 1.07 bits per heavy atom. The van der Waals surface area contributed by atoms with Gasteiger partial charge in [0.2, 0.25) is 0 Å². The zero-order valence-electron chi connectivity index (χ0n) is 16.7.